The molecule has 0 bridgehead atoms. The van der Waals surface area contributed by atoms with Crippen LogP contribution in [0, 0.1) is 0 Å². The van der Waals surface area contributed by atoms with Gasteiger partial charge in [-0.05, 0) is 30.5 Å². The number of hydrazone groups is 1. The number of benzene rings is 2. The van der Waals surface area contributed by atoms with E-state index < -0.39 is 0 Å². The van der Waals surface area contributed by atoms with E-state index in [1.54, 1.807) is 25.3 Å². The summed E-state index contributed by atoms with van der Waals surface area (Å²) in [5.41, 5.74) is 4.08. The van der Waals surface area contributed by atoms with Crippen LogP contribution in [0.25, 0.3) is 10.8 Å². The van der Waals surface area contributed by atoms with E-state index in [0.717, 1.165) is 16.5 Å². The maximum Gasteiger partial charge on any atom is 0.272 e. The van der Waals surface area contributed by atoms with E-state index in [0.29, 0.717) is 11.3 Å². The van der Waals surface area contributed by atoms with Gasteiger partial charge in [-0.2, -0.15) is 5.10 Å². The molecule has 2 N–H and O–H groups in total. The number of aromatic nitrogens is 1. The second-order valence-electron chi connectivity index (χ2n) is 5.78. The van der Waals surface area contributed by atoms with Crippen molar-refractivity contribution in [2.24, 2.45) is 5.10 Å². The Morgan fingerprint density at radius 2 is 1.85 bits per heavy atom. The summed E-state index contributed by atoms with van der Waals surface area (Å²) >= 11 is 0. The van der Waals surface area contributed by atoms with Gasteiger partial charge in [-0.25, -0.2) is 5.43 Å². The van der Waals surface area contributed by atoms with Crippen LogP contribution in [0.4, 0.5) is 5.69 Å². The minimum atomic E-state index is -0.369. The number of carbonyl (C=O) groups is 2. The fourth-order valence-corrected chi connectivity index (χ4v) is 2.51. The molecule has 3 rings (SSSR count). The molecular formula is C20H18N4O2. The van der Waals surface area contributed by atoms with Crippen LogP contribution in [-0.4, -0.2) is 22.5 Å². The summed E-state index contributed by atoms with van der Waals surface area (Å²) < 4.78 is 0. The summed E-state index contributed by atoms with van der Waals surface area (Å²) in [7, 11) is 0. The van der Waals surface area contributed by atoms with Crippen molar-refractivity contribution in [3.63, 3.8) is 0 Å². The molecule has 2 amide bonds. The summed E-state index contributed by atoms with van der Waals surface area (Å²) in [6.45, 7) is 1.69. The smallest absolute Gasteiger partial charge is 0.272 e. The molecular weight excluding hydrogens is 328 g/mol. The Labute approximate surface area is 151 Å². The Bertz CT molecular complexity index is 962. The van der Waals surface area contributed by atoms with Crippen LogP contribution in [0.1, 0.15) is 23.7 Å². The van der Waals surface area contributed by atoms with E-state index >= 15 is 0 Å². The van der Waals surface area contributed by atoms with Crippen molar-refractivity contribution in [1.29, 1.82) is 0 Å². The van der Waals surface area contributed by atoms with Gasteiger partial charge in [0.05, 0.1) is 12.0 Å². The molecule has 6 nitrogen and oxygen atoms in total. The Morgan fingerprint density at radius 3 is 2.65 bits per heavy atom. The van der Waals surface area contributed by atoms with Gasteiger partial charge in [0, 0.05) is 29.2 Å². The quantitative estimate of drug-likeness (QED) is 0.549. The highest BCUT2D eigenvalue weighted by Crippen LogP contribution is 2.22. The first kappa shape index (κ1) is 17.3. The molecule has 0 spiro atoms. The zero-order valence-corrected chi connectivity index (χ0v) is 14.3. The number of nitrogens with zero attached hydrogens (tertiary/aromatic N) is 2. The van der Waals surface area contributed by atoms with Crippen LogP contribution in [0.3, 0.4) is 0 Å². The van der Waals surface area contributed by atoms with E-state index in [1.807, 2.05) is 42.5 Å². The summed E-state index contributed by atoms with van der Waals surface area (Å²) in [5, 5.41) is 8.90. The second-order valence-corrected chi connectivity index (χ2v) is 5.78. The number of rotatable bonds is 5. The van der Waals surface area contributed by atoms with E-state index in [9.17, 15) is 9.59 Å². The van der Waals surface area contributed by atoms with Gasteiger partial charge in [0.2, 0.25) is 5.91 Å². The molecule has 0 atom stereocenters. The number of nitrogens with one attached hydrogen (secondary N) is 2. The summed E-state index contributed by atoms with van der Waals surface area (Å²) in [6.07, 6.45) is 3.12. The van der Waals surface area contributed by atoms with Crippen LogP contribution in [-0.2, 0) is 4.79 Å². The standard InChI is InChI=1S/C20H18N4O2/c1-14(23-24-20(26)16-8-5-11-21-13-16)12-19(25)22-18-10-4-7-15-6-2-3-9-17(15)18/h2-11,13H,12H2,1H3,(H,22,25)(H,24,26)/b23-14-. The number of anilines is 1. The van der Waals surface area contributed by atoms with E-state index in [1.165, 1.54) is 6.20 Å². The van der Waals surface area contributed by atoms with Gasteiger partial charge in [-0.1, -0.05) is 36.4 Å². The highest BCUT2D eigenvalue weighted by Gasteiger charge is 2.08. The molecule has 0 fully saturated rings. The number of pyridine rings is 1. The van der Waals surface area contributed by atoms with Crippen molar-refractivity contribution in [2.75, 3.05) is 5.32 Å². The summed E-state index contributed by atoms with van der Waals surface area (Å²) in [5.74, 6) is -0.565. The minimum absolute atomic E-state index is 0.0799. The average Bonchev–Trinajstić information content (AvgIpc) is 2.67. The Kier molecular flexibility index (Phi) is 5.34. The van der Waals surface area contributed by atoms with Gasteiger partial charge >= 0.3 is 0 Å². The van der Waals surface area contributed by atoms with Crippen LogP contribution in [0.2, 0.25) is 0 Å². The van der Waals surface area contributed by atoms with Gasteiger partial charge in [-0.15, -0.1) is 0 Å². The SMILES string of the molecule is C/C(CC(=O)Nc1cccc2ccccc12)=N/NC(=O)c1cccnc1. The fourth-order valence-electron chi connectivity index (χ4n) is 2.51. The van der Waals surface area contributed by atoms with Gasteiger partial charge in [0.25, 0.3) is 5.91 Å². The Hall–Kier alpha value is -3.54. The molecule has 2 aromatic carbocycles. The number of amides is 2. The van der Waals surface area contributed by atoms with Gasteiger partial charge in [0.15, 0.2) is 0 Å². The molecule has 1 heterocycles. The van der Waals surface area contributed by atoms with Crippen molar-refractivity contribution >= 4 is 34.0 Å². The maximum absolute atomic E-state index is 12.3. The summed E-state index contributed by atoms with van der Waals surface area (Å²) in [4.78, 5) is 28.1. The molecule has 26 heavy (non-hydrogen) atoms. The molecule has 3 aromatic rings. The molecule has 0 aliphatic rings. The molecule has 0 unspecified atom stereocenters. The molecule has 0 saturated carbocycles. The third-order valence-electron chi connectivity index (χ3n) is 3.75. The Balaban J connectivity index is 1.61. The second kappa shape index (κ2) is 8.02. The lowest BCUT2D eigenvalue weighted by molar-refractivity contribution is -0.115. The number of hydrogen-bond donors (Lipinski definition) is 2. The Morgan fingerprint density at radius 1 is 1.04 bits per heavy atom. The molecule has 0 aliphatic heterocycles. The first-order chi connectivity index (χ1) is 12.6. The van der Waals surface area contributed by atoms with Crippen LogP contribution in [0.5, 0.6) is 0 Å². The van der Waals surface area contributed by atoms with Crippen LogP contribution >= 0.6 is 0 Å². The highest BCUT2D eigenvalue weighted by atomic mass is 16.2. The lowest BCUT2D eigenvalue weighted by Crippen LogP contribution is -2.21. The normalized spacial score (nSPS) is 11.2. The largest absolute Gasteiger partial charge is 0.325 e. The molecule has 0 aliphatic carbocycles. The maximum atomic E-state index is 12.3. The zero-order chi connectivity index (χ0) is 18.4. The minimum Gasteiger partial charge on any atom is -0.325 e. The lowest BCUT2D eigenvalue weighted by atomic mass is 10.1. The van der Waals surface area contributed by atoms with Gasteiger partial charge in [0.1, 0.15) is 0 Å². The topological polar surface area (TPSA) is 83.5 Å². The third-order valence-corrected chi connectivity index (χ3v) is 3.75. The van der Waals surface area contributed by atoms with Crippen molar-refractivity contribution < 1.29 is 9.59 Å². The highest BCUT2D eigenvalue weighted by molar-refractivity contribution is 6.09. The first-order valence-electron chi connectivity index (χ1n) is 8.14. The fraction of sp³-hybridized carbons (Fsp3) is 0.100. The molecule has 0 radical (unpaired) electrons. The van der Waals surface area contributed by atoms with Crippen LogP contribution in [0.15, 0.2) is 72.1 Å². The van der Waals surface area contributed by atoms with Crippen molar-refractivity contribution in [2.45, 2.75) is 13.3 Å². The van der Waals surface area contributed by atoms with Crippen molar-refractivity contribution in [3.05, 3.63) is 72.6 Å². The molecule has 0 saturated heterocycles. The van der Waals surface area contributed by atoms with Gasteiger partial charge in [-0.3, -0.25) is 14.6 Å². The van der Waals surface area contributed by atoms with Crippen LogP contribution < -0.4 is 10.7 Å². The molecule has 1 aromatic heterocycles. The van der Waals surface area contributed by atoms with Crippen molar-refractivity contribution in [1.82, 2.24) is 10.4 Å². The molecule has 6 heteroatoms. The molecule has 130 valence electrons. The number of hydrogen-bond acceptors (Lipinski definition) is 4. The van der Waals surface area contributed by atoms with E-state index in [4.69, 9.17) is 0 Å². The van der Waals surface area contributed by atoms with Crippen molar-refractivity contribution in [3.8, 4) is 0 Å². The number of fused-ring (bicyclic) bond motifs is 1. The third kappa shape index (κ3) is 4.30. The monoisotopic (exact) mass is 346 g/mol. The summed E-state index contributed by atoms with van der Waals surface area (Å²) in [6, 6.07) is 16.9. The predicted molar refractivity (Wildman–Crippen MR) is 102 cm³/mol. The lowest BCUT2D eigenvalue weighted by Gasteiger charge is -2.08. The average molecular weight is 346 g/mol. The van der Waals surface area contributed by atoms with E-state index in [2.05, 4.69) is 20.8 Å². The first-order valence-corrected chi connectivity index (χ1v) is 8.14. The zero-order valence-electron chi connectivity index (χ0n) is 14.3. The van der Waals surface area contributed by atoms with E-state index in [-0.39, 0.29) is 18.2 Å². The number of carbonyl (C=O) groups excluding carboxylic acids is 2. The van der Waals surface area contributed by atoms with Gasteiger partial charge < -0.3 is 5.32 Å². The predicted octanol–water partition coefficient (Wildman–Crippen LogP) is 3.37.